The van der Waals surface area contributed by atoms with Gasteiger partial charge in [-0.1, -0.05) is 32.0 Å². The number of aliphatic carboxylic acids is 1. The molecule has 0 radical (unpaired) electrons. The zero-order valence-electron chi connectivity index (χ0n) is 8.50. The second kappa shape index (κ2) is 3.96. The maximum atomic E-state index is 13.1. The normalized spacial score (nSPS) is 11.8. The molecule has 1 aromatic rings. The van der Waals surface area contributed by atoms with E-state index in [9.17, 15) is 13.6 Å². The van der Waals surface area contributed by atoms with Crippen LogP contribution in [0, 0.1) is 0 Å². The summed E-state index contributed by atoms with van der Waals surface area (Å²) in [7, 11) is 0. The van der Waals surface area contributed by atoms with Crippen molar-refractivity contribution >= 4 is 5.97 Å². The smallest absolute Gasteiger partial charge is 0.379 e. The monoisotopic (exact) mass is 214 g/mol. The third-order valence-corrected chi connectivity index (χ3v) is 2.18. The Balaban J connectivity index is 3.16. The Bertz CT molecular complexity index is 373. The molecule has 0 unspecified atom stereocenters. The van der Waals surface area contributed by atoms with Crippen LogP contribution in [0.5, 0.6) is 0 Å². The molecule has 0 amide bonds. The van der Waals surface area contributed by atoms with Gasteiger partial charge < -0.3 is 5.11 Å². The van der Waals surface area contributed by atoms with E-state index in [0.29, 0.717) is 5.56 Å². The van der Waals surface area contributed by atoms with Gasteiger partial charge in [0.2, 0.25) is 0 Å². The standard InChI is InChI=1S/C11H12F2O2/c1-7(2)8-4-3-5-9(6-8)11(12,13)10(14)15/h3-7H,1-2H3,(H,14,15). The lowest BCUT2D eigenvalue weighted by Crippen LogP contribution is -2.25. The minimum atomic E-state index is -3.81. The summed E-state index contributed by atoms with van der Waals surface area (Å²) in [5, 5.41) is 8.37. The molecule has 0 saturated carbocycles. The zero-order valence-corrected chi connectivity index (χ0v) is 8.50. The van der Waals surface area contributed by atoms with Gasteiger partial charge in [-0.25, -0.2) is 4.79 Å². The Morgan fingerprint density at radius 3 is 2.47 bits per heavy atom. The Morgan fingerprint density at radius 2 is 2.00 bits per heavy atom. The Labute approximate surface area is 86.5 Å². The molecule has 2 nitrogen and oxygen atoms in total. The molecule has 15 heavy (non-hydrogen) atoms. The lowest BCUT2D eigenvalue weighted by atomic mass is 9.98. The van der Waals surface area contributed by atoms with E-state index in [-0.39, 0.29) is 5.92 Å². The molecule has 82 valence electrons. The first-order valence-corrected chi connectivity index (χ1v) is 4.57. The number of hydrogen-bond donors (Lipinski definition) is 1. The molecule has 0 aliphatic carbocycles. The molecule has 0 heterocycles. The van der Waals surface area contributed by atoms with Crippen molar-refractivity contribution in [1.29, 1.82) is 0 Å². The molecule has 1 N–H and O–H groups in total. The first kappa shape index (κ1) is 11.6. The van der Waals surface area contributed by atoms with Crippen molar-refractivity contribution in [2.45, 2.75) is 25.7 Å². The van der Waals surface area contributed by atoms with Gasteiger partial charge in [0.1, 0.15) is 0 Å². The molecule has 0 bridgehead atoms. The summed E-state index contributed by atoms with van der Waals surface area (Å²) in [4.78, 5) is 10.4. The molecular formula is C11H12F2O2. The topological polar surface area (TPSA) is 37.3 Å². The van der Waals surface area contributed by atoms with Gasteiger partial charge in [-0.05, 0) is 17.5 Å². The van der Waals surface area contributed by atoms with E-state index >= 15 is 0 Å². The van der Waals surface area contributed by atoms with Crippen molar-refractivity contribution in [2.24, 2.45) is 0 Å². The third-order valence-electron chi connectivity index (χ3n) is 2.18. The minimum absolute atomic E-state index is 0.0922. The number of benzene rings is 1. The number of carboxylic acids is 1. The predicted molar refractivity (Wildman–Crippen MR) is 52.1 cm³/mol. The highest BCUT2D eigenvalue weighted by Crippen LogP contribution is 2.30. The van der Waals surface area contributed by atoms with Crippen LogP contribution < -0.4 is 0 Å². The van der Waals surface area contributed by atoms with E-state index in [4.69, 9.17) is 5.11 Å². The van der Waals surface area contributed by atoms with Gasteiger partial charge in [0.05, 0.1) is 0 Å². The van der Waals surface area contributed by atoms with Crippen molar-refractivity contribution in [3.63, 3.8) is 0 Å². The van der Waals surface area contributed by atoms with Gasteiger partial charge in [-0.3, -0.25) is 0 Å². The maximum absolute atomic E-state index is 13.1. The van der Waals surface area contributed by atoms with Gasteiger partial charge in [0.25, 0.3) is 0 Å². The van der Waals surface area contributed by atoms with Crippen LogP contribution in [0.3, 0.4) is 0 Å². The first-order valence-electron chi connectivity index (χ1n) is 4.57. The summed E-state index contributed by atoms with van der Waals surface area (Å²) in [5.41, 5.74) is 0.231. The van der Waals surface area contributed by atoms with Gasteiger partial charge in [-0.2, -0.15) is 8.78 Å². The van der Waals surface area contributed by atoms with E-state index in [1.165, 1.54) is 12.1 Å². The lowest BCUT2D eigenvalue weighted by Gasteiger charge is -2.13. The molecule has 0 aliphatic rings. The van der Waals surface area contributed by atoms with Crippen LogP contribution in [0.2, 0.25) is 0 Å². The summed E-state index contributed by atoms with van der Waals surface area (Å²) < 4.78 is 26.2. The summed E-state index contributed by atoms with van der Waals surface area (Å²) >= 11 is 0. The maximum Gasteiger partial charge on any atom is 0.379 e. The molecule has 1 aromatic carbocycles. The molecule has 0 atom stereocenters. The number of carboxylic acid groups (broad SMARTS) is 1. The molecule has 0 saturated heterocycles. The fraction of sp³-hybridized carbons (Fsp3) is 0.364. The second-order valence-corrected chi connectivity index (χ2v) is 3.66. The van der Waals surface area contributed by atoms with Gasteiger partial charge in [0, 0.05) is 5.56 Å². The zero-order chi connectivity index (χ0) is 11.6. The van der Waals surface area contributed by atoms with Crippen LogP contribution in [0.25, 0.3) is 0 Å². The quantitative estimate of drug-likeness (QED) is 0.839. The van der Waals surface area contributed by atoms with Crippen LogP contribution in [0.1, 0.15) is 30.9 Å². The summed E-state index contributed by atoms with van der Waals surface area (Å²) in [6, 6.07) is 5.51. The van der Waals surface area contributed by atoms with Gasteiger partial charge >= 0.3 is 11.9 Å². The molecule has 0 aliphatic heterocycles. The van der Waals surface area contributed by atoms with Crippen molar-refractivity contribution < 1.29 is 18.7 Å². The number of halogens is 2. The molecule has 0 fully saturated rings. The average molecular weight is 214 g/mol. The number of carbonyl (C=O) groups is 1. The van der Waals surface area contributed by atoms with E-state index < -0.39 is 17.5 Å². The summed E-state index contributed by atoms with van der Waals surface area (Å²) in [6.07, 6.45) is 0. The summed E-state index contributed by atoms with van der Waals surface area (Å²) in [5.74, 6) is -5.84. The van der Waals surface area contributed by atoms with Crippen molar-refractivity contribution in [1.82, 2.24) is 0 Å². The number of hydrogen-bond acceptors (Lipinski definition) is 1. The van der Waals surface area contributed by atoms with E-state index in [1.54, 1.807) is 6.07 Å². The highest BCUT2D eigenvalue weighted by Gasteiger charge is 2.41. The number of rotatable bonds is 3. The molecular weight excluding hydrogens is 202 g/mol. The van der Waals surface area contributed by atoms with Crippen LogP contribution in [-0.2, 0) is 10.7 Å². The molecule has 4 heteroatoms. The Morgan fingerprint density at radius 1 is 1.40 bits per heavy atom. The lowest BCUT2D eigenvalue weighted by molar-refractivity contribution is -0.166. The second-order valence-electron chi connectivity index (χ2n) is 3.66. The Hall–Kier alpha value is -1.45. The van der Waals surface area contributed by atoms with Gasteiger partial charge in [-0.15, -0.1) is 0 Å². The first-order chi connectivity index (χ1) is 6.85. The van der Waals surface area contributed by atoms with Crippen molar-refractivity contribution in [3.05, 3.63) is 35.4 Å². The predicted octanol–water partition coefficient (Wildman–Crippen LogP) is 2.99. The third kappa shape index (κ3) is 2.32. The van der Waals surface area contributed by atoms with Crippen LogP contribution in [0.15, 0.2) is 24.3 Å². The number of alkyl halides is 2. The molecule has 0 aromatic heterocycles. The highest BCUT2D eigenvalue weighted by atomic mass is 19.3. The van der Waals surface area contributed by atoms with E-state index in [1.807, 2.05) is 13.8 Å². The minimum Gasteiger partial charge on any atom is -0.477 e. The average Bonchev–Trinajstić information content (AvgIpc) is 2.17. The largest absolute Gasteiger partial charge is 0.477 e. The fourth-order valence-electron chi connectivity index (χ4n) is 1.22. The van der Waals surface area contributed by atoms with Crippen LogP contribution >= 0.6 is 0 Å². The van der Waals surface area contributed by atoms with Crippen LogP contribution in [0.4, 0.5) is 8.78 Å². The van der Waals surface area contributed by atoms with E-state index in [2.05, 4.69) is 0 Å². The van der Waals surface area contributed by atoms with Crippen molar-refractivity contribution in [2.75, 3.05) is 0 Å². The highest BCUT2D eigenvalue weighted by molar-refractivity contribution is 5.77. The SMILES string of the molecule is CC(C)c1cccc(C(F)(F)C(=O)O)c1. The van der Waals surface area contributed by atoms with Crippen LogP contribution in [-0.4, -0.2) is 11.1 Å². The Kier molecular flexibility index (Phi) is 3.07. The summed E-state index contributed by atoms with van der Waals surface area (Å²) in [6.45, 7) is 3.72. The van der Waals surface area contributed by atoms with Crippen molar-refractivity contribution in [3.8, 4) is 0 Å². The fourth-order valence-corrected chi connectivity index (χ4v) is 1.22. The molecule has 0 spiro atoms. The van der Waals surface area contributed by atoms with Gasteiger partial charge in [0.15, 0.2) is 0 Å². The van der Waals surface area contributed by atoms with E-state index in [0.717, 1.165) is 6.07 Å². The molecule has 1 rings (SSSR count).